The molecule has 0 bridgehead atoms. The second-order valence-electron chi connectivity index (χ2n) is 9.95. The van der Waals surface area contributed by atoms with Crippen molar-refractivity contribution in [3.8, 4) is 16.8 Å². The largest absolute Gasteiger partial charge is 0.358 e. The number of amides is 2. The summed E-state index contributed by atoms with van der Waals surface area (Å²) in [7, 11) is 0. The number of aromatic nitrogens is 3. The highest BCUT2D eigenvalue weighted by Gasteiger charge is 2.26. The monoisotopic (exact) mass is 506 g/mol. The third-order valence-corrected chi connectivity index (χ3v) is 7.40. The molecule has 0 unspecified atom stereocenters. The lowest BCUT2D eigenvalue weighted by Gasteiger charge is -2.11. The number of hydrogen-bond acceptors (Lipinski definition) is 4. The van der Waals surface area contributed by atoms with Crippen molar-refractivity contribution in [3.63, 3.8) is 0 Å². The van der Waals surface area contributed by atoms with E-state index >= 15 is 0 Å². The number of H-pyrrole nitrogens is 1. The molecule has 2 aliphatic rings. The molecule has 2 aliphatic heterocycles. The number of aryl methyl sites for hydroxylation is 1. The highest BCUT2D eigenvalue weighted by molar-refractivity contribution is 6.35. The molecule has 2 aromatic carbocycles. The third-order valence-electron chi connectivity index (χ3n) is 7.40. The first-order chi connectivity index (χ1) is 18.5. The summed E-state index contributed by atoms with van der Waals surface area (Å²) in [6, 6.07) is 16.2. The Morgan fingerprint density at radius 3 is 2.79 bits per heavy atom. The van der Waals surface area contributed by atoms with E-state index in [9.17, 15) is 9.59 Å². The van der Waals surface area contributed by atoms with E-state index in [1.807, 2.05) is 85.5 Å². The van der Waals surface area contributed by atoms with Crippen LogP contribution in [0, 0.1) is 13.8 Å². The number of nitrogens with zero attached hydrogens (tertiary/aromatic N) is 2. The predicted octanol–water partition coefficient (Wildman–Crippen LogP) is 4.46. The van der Waals surface area contributed by atoms with Gasteiger partial charge in [-0.25, -0.2) is 4.68 Å². The van der Waals surface area contributed by atoms with E-state index in [0.29, 0.717) is 23.7 Å². The van der Waals surface area contributed by atoms with Crippen LogP contribution in [0.25, 0.3) is 28.5 Å². The summed E-state index contributed by atoms with van der Waals surface area (Å²) in [5, 5.41) is 13.9. The van der Waals surface area contributed by atoms with Crippen LogP contribution in [-0.2, 0) is 4.79 Å². The van der Waals surface area contributed by atoms with Crippen LogP contribution in [0.1, 0.15) is 45.7 Å². The van der Waals surface area contributed by atoms with Crippen molar-refractivity contribution < 1.29 is 9.59 Å². The summed E-state index contributed by atoms with van der Waals surface area (Å²) in [5.74, 6) is -0.259. The molecule has 1 fully saturated rings. The molecule has 4 N–H and O–H groups in total. The van der Waals surface area contributed by atoms with Gasteiger partial charge in [-0.15, -0.1) is 0 Å². The fraction of sp³-hybridized carbons (Fsp3) is 0.233. The zero-order valence-corrected chi connectivity index (χ0v) is 21.5. The Morgan fingerprint density at radius 2 is 2.00 bits per heavy atom. The number of nitrogens with one attached hydrogen (secondary N) is 4. The lowest BCUT2D eigenvalue weighted by atomic mass is 9.99. The second-order valence-corrected chi connectivity index (χ2v) is 9.95. The summed E-state index contributed by atoms with van der Waals surface area (Å²) in [6.07, 6.45) is 7.87. The van der Waals surface area contributed by atoms with E-state index < -0.39 is 0 Å². The van der Waals surface area contributed by atoms with Crippen LogP contribution < -0.4 is 16.0 Å². The number of fused-ring (bicyclic) bond motifs is 1. The van der Waals surface area contributed by atoms with Gasteiger partial charge in [0.15, 0.2) is 0 Å². The van der Waals surface area contributed by atoms with Crippen molar-refractivity contribution in [3.05, 3.63) is 89.0 Å². The number of anilines is 1. The molecule has 0 saturated carbocycles. The topological polar surface area (TPSA) is 104 Å². The molecule has 8 heteroatoms. The maximum atomic E-state index is 13.0. The number of para-hydroxylation sites is 1. The Kier molecular flexibility index (Phi) is 6.17. The van der Waals surface area contributed by atoms with Crippen molar-refractivity contribution >= 4 is 29.2 Å². The molecular weight excluding hydrogens is 476 g/mol. The van der Waals surface area contributed by atoms with Gasteiger partial charge < -0.3 is 20.9 Å². The average Bonchev–Trinajstić information content (AvgIpc) is 3.72. The quantitative estimate of drug-likeness (QED) is 0.290. The smallest absolute Gasteiger partial charge is 0.256 e. The summed E-state index contributed by atoms with van der Waals surface area (Å²) < 4.78 is 1.84. The molecule has 4 heterocycles. The van der Waals surface area contributed by atoms with Gasteiger partial charge in [-0.1, -0.05) is 24.3 Å². The highest BCUT2D eigenvalue weighted by Crippen LogP contribution is 2.37. The minimum Gasteiger partial charge on any atom is -0.358 e. The Bertz CT molecular complexity index is 1560. The van der Waals surface area contributed by atoms with Crippen LogP contribution in [0.2, 0.25) is 0 Å². The minimum absolute atomic E-state index is 0.0939. The first-order valence-electron chi connectivity index (χ1n) is 13.0. The van der Waals surface area contributed by atoms with Gasteiger partial charge in [0, 0.05) is 47.0 Å². The van der Waals surface area contributed by atoms with Gasteiger partial charge in [0.1, 0.15) is 0 Å². The van der Waals surface area contributed by atoms with Crippen LogP contribution in [-0.4, -0.2) is 45.7 Å². The first-order valence-corrected chi connectivity index (χ1v) is 13.0. The van der Waals surface area contributed by atoms with E-state index in [-0.39, 0.29) is 11.8 Å². The molecule has 2 aromatic heterocycles. The molecule has 1 saturated heterocycles. The predicted molar refractivity (Wildman–Crippen MR) is 149 cm³/mol. The fourth-order valence-electron chi connectivity index (χ4n) is 5.34. The number of benzene rings is 2. The lowest BCUT2D eigenvalue weighted by Crippen LogP contribution is -2.37. The highest BCUT2D eigenvalue weighted by atomic mass is 16.2. The first kappa shape index (κ1) is 23.9. The molecule has 6 rings (SSSR count). The third kappa shape index (κ3) is 4.43. The van der Waals surface area contributed by atoms with Crippen molar-refractivity contribution in [2.75, 3.05) is 18.4 Å². The standard InChI is InChI=1S/C30H30N6O2/c1-18-27(34-19(2)28(18)30(38)32-16-22-7-6-12-31-22)14-25-24-13-20(10-11-26(24)35-29(25)37)21-15-33-36(17-21)23-8-4-3-5-9-23/h3-5,8-11,13-15,17,22,31,34H,6-7,12,16H2,1-2H3,(H,32,38)(H,35,37)/b25-14-/t22-/m1/s1. The zero-order valence-electron chi connectivity index (χ0n) is 21.5. The SMILES string of the molecule is Cc1[nH]c(/C=C2\C(=O)Nc3ccc(-c4cnn(-c5ccccc5)c4)cc32)c(C)c1C(=O)NC[C@H]1CCCN1. The van der Waals surface area contributed by atoms with E-state index in [4.69, 9.17) is 0 Å². The van der Waals surface area contributed by atoms with Crippen molar-refractivity contribution in [1.82, 2.24) is 25.4 Å². The van der Waals surface area contributed by atoms with E-state index in [1.165, 1.54) is 0 Å². The molecule has 2 amide bonds. The molecule has 8 nitrogen and oxygen atoms in total. The minimum atomic E-state index is -0.165. The zero-order chi connectivity index (χ0) is 26.2. The molecule has 38 heavy (non-hydrogen) atoms. The summed E-state index contributed by atoms with van der Waals surface area (Å²) in [5.41, 5.74) is 8.06. The van der Waals surface area contributed by atoms with Gasteiger partial charge in [-0.2, -0.15) is 5.10 Å². The van der Waals surface area contributed by atoms with Crippen LogP contribution in [0.15, 0.2) is 60.9 Å². The number of rotatable bonds is 6. The van der Waals surface area contributed by atoms with E-state index in [0.717, 1.165) is 64.4 Å². The van der Waals surface area contributed by atoms with Gasteiger partial charge in [0.25, 0.3) is 11.8 Å². The van der Waals surface area contributed by atoms with Gasteiger partial charge in [-0.3, -0.25) is 9.59 Å². The average molecular weight is 507 g/mol. The summed E-state index contributed by atoms with van der Waals surface area (Å²) >= 11 is 0. The Hall–Kier alpha value is -4.43. The molecule has 1 atom stereocenters. The Balaban J connectivity index is 1.28. The van der Waals surface area contributed by atoms with Crippen molar-refractivity contribution in [2.45, 2.75) is 32.7 Å². The molecule has 192 valence electrons. The Morgan fingerprint density at radius 1 is 1.16 bits per heavy atom. The van der Waals surface area contributed by atoms with Crippen LogP contribution >= 0.6 is 0 Å². The fourth-order valence-corrected chi connectivity index (χ4v) is 5.34. The normalized spacial score (nSPS) is 17.6. The van der Waals surface area contributed by atoms with Crippen LogP contribution in [0.3, 0.4) is 0 Å². The number of hydrogen-bond donors (Lipinski definition) is 4. The number of carbonyl (C=O) groups is 2. The van der Waals surface area contributed by atoms with E-state index in [1.54, 1.807) is 0 Å². The number of aromatic amines is 1. The summed E-state index contributed by atoms with van der Waals surface area (Å²) in [4.78, 5) is 29.3. The lowest BCUT2D eigenvalue weighted by molar-refractivity contribution is -0.110. The van der Waals surface area contributed by atoms with Gasteiger partial charge in [-0.05, 0) is 74.7 Å². The molecule has 0 radical (unpaired) electrons. The molecule has 4 aromatic rings. The molecule has 0 spiro atoms. The summed E-state index contributed by atoms with van der Waals surface area (Å²) in [6.45, 7) is 5.42. The second kappa shape index (κ2) is 9.79. The maximum Gasteiger partial charge on any atom is 0.256 e. The van der Waals surface area contributed by atoms with Crippen molar-refractivity contribution in [2.24, 2.45) is 0 Å². The Labute approximate surface area is 221 Å². The number of carbonyl (C=O) groups excluding carboxylic acids is 2. The maximum absolute atomic E-state index is 13.0. The molecule has 0 aliphatic carbocycles. The van der Waals surface area contributed by atoms with Crippen molar-refractivity contribution in [1.29, 1.82) is 0 Å². The van der Waals surface area contributed by atoms with Crippen LogP contribution in [0.5, 0.6) is 0 Å². The molecular formula is C30H30N6O2. The van der Waals surface area contributed by atoms with Crippen LogP contribution in [0.4, 0.5) is 5.69 Å². The van der Waals surface area contributed by atoms with Gasteiger partial charge >= 0.3 is 0 Å². The van der Waals surface area contributed by atoms with E-state index in [2.05, 4.69) is 26.0 Å². The van der Waals surface area contributed by atoms with Gasteiger partial charge in [0.05, 0.1) is 23.0 Å². The van der Waals surface area contributed by atoms with Gasteiger partial charge in [0.2, 0.25) is 0 Å².